The van der Waals surface area contributed by atoms with Crippen LogP contribution in [0.25, 0.3) is 0 Å². The minimum atomic E-state index is -0.139. The fraction of sp³-hybridized carbons (Fsp3) is 1.00. The molecule has 0 aliphatic rings. The molecule has 0 N–H and O–H groups in total. The Hall–Kier alpha value is 0.400. The molecular formula is C7H15BrO2. The number of alkyl halides is 1. The summed E-state index contributed by atoms with van der Waals surface area (Å²) >= 11 is 3.48. The van der Waals surface area contributed by atoms with Crippen molar-refractivity contribution in [3.63, 3.8) is 0 Å². The van der Waals surface area contributed by atoms with Crippen LogP contribution in [0, 0.1) is 5.92 Å². The number of ether oxygens (including phenoxy) is 2. The number of hydrogen-bond donors (Lipinski definition) is 0. The van der Waals surface area contributed by atoms with Crippen molar-refractivity contribution in [1.29, 1.82) is 0 Å². The highest BCUT2D eigenvalue weighted by Crippen LogP contribution is 2.18. The molecule has 0 bridgehead atoms. The summed E-state index contributed by atoms with van der Waals surface area (Å²) < 4.78 is 10.1. The highest BCUT2D eigenvalue weighted by Gasteiger charge is 2.20. The van der Waals surface area contributed by atoms with E-state index in [4.69, 9.17) is 9.47 Å². The van der Waals surface area contributed by atoms with Crippen LogP contribution >= 0.6 is 15.9 Å². The molecule has 2 nitrogen and oxygen atoms in total. The van der Waals surface area contributed by atoms with E-state index in [1.807, 2.05) is 0 Å². The quantitative estimate of drug-likeness (QED) is 0.523. The summed E-state index contributed by atoms with van der Waals surface area (Å²) in [5, 5.41) is 0. The molecule has 3 heteroatoms. The Kier molecular flexibility index (Phi) is 5.31. The van der Waals surface area contributed by atoms with Crippen molar-refractivity contribution < 1.29 is 9.47 Å². The van der Waals surface area contributed by atoms with E-state index in [-0.39, 0.29) is 11.1 Å². The van der Waals surface area contributed by atoms with Crippen LogP contribution in [-0.4, -0.2) is 25.3 Å². The van der Waals surface area contributed by atoms with Crippen LogP contribution in [0.2, 0.25) is 0 Å². The van der Waals surface area contributed by atoms with Gasteiger partial charge in [-0.1, -0.05) is 29.8 Å². The van der Waals surface area contributed by atoms with E-state index in [1.54, 1.807) is 14.2 Å². The lowest BCUT2D eigenvalue weighted by Crippen LogP contribution is -2.28. The van der Waals surface area contributed by atoms with Gasteiger partial charge in [0, 0.05) is 14.2 Å². The lowest BCUT2D eigenvalue weighted by molar-refractivity contribution is -0.106. The molecule has 0 aliphatic carbocycles. The largest absolute Gasteiger partial charge is 0.355 e. The molecule has 1 atom stereocenters. The van der Waals surface area contributed by atoms with E-state index in [1.165, 1.54) is 0 Å². The van der Waals surface area contributed by atoms with Gasteiger partial charge in [0.25, 0.3) is 0 Å². The van der Waals surface area contributed by atoms with Gasteiger partial charge in [0.05, 0.1) is 4.83 Å². The van der Waals surface area contributed by atoms with Gasteiger partial charge in [-0.2, -0.15) is 0 Å². The third kappa shape index (κ3) is 2.99. The van der Waals surface area contributed by atoms with Crippen LogP contribution in [0.5, 0.6) is 0 Å². The lowest BCUT2D eigenvalue weighted by atomic mass is 10.1. The van der Waals surface area contributed by atoms with Crippen molar-refractivity contribution in [2.75, 3.05) is 14.2 Å². The standard InChI is InChI=1S/C7H15BrO2/c1-5(2)6(8)7(9-3)10-4/h5-7H,1-4H3. The molecule has 0 amide bonds. The van der Waals surface area contributed by atoms with Crippen molar-refractivity contribution >= 4 is 15.9 Å². The molecule has 0 fully saturated rings. The predicted octanol–water partition coefficient (Wildman–Crippen LogP) is 2.02. The monoisotopic (exact) mass is 210 g/mol. The maximum atomic E-state index is 5.05. The van der Waals surface area contributed by atoms with Crippen molar-refractivity contribution in [2.24, 2.45) is 5.92 Å². The predicted molar refractivity (Wildman–Crippen MR) is 45.4 cm³/mol. The second kappa shape index (κ2) is 5.10. The highest BCUT2D eigenvalue weighted by molar-refractivity contribution is 9.09. The van der Waals surface area contributed by atoms with Gasteiger partial charge in [-0.15, -0.1) is 0 Å². The highest BCUT2D eigenvalue weighted by atomic mass is 79.9. The zero-order chi connectivity index (χ0) is 8.15. The SMILES string of the molecule is COC(OC)C(Br)C(C)C. The third-order valence-electron chi connectivity index (χ3n) is 1.36. The molecule has 0 aromatic rings. The third-order valence-corrected chi connectivity index (χ3v) is 2.85. The van der Waals surface area contributed by atoms with E-state index < -0.39 is 0 Å². The van der Waals surface area contributed by atoms with E-state index >= 15 is 0 Å². The summed E-state index contributed by atoms with van der Waals surface area (Å²) in [7, 11) is 3.29. The molecule has 0 saturated carbocycles. The summed E-state index contributed by atoms with van der Waals surface area (Å²) in [6.07, 6.45) is -0.139. The first-order chi connectivity index (χ1) is 4.63. The van der Waals surface area contributed by atoms with E-state index in [2.05, 4.69) is 29.8 Å². The summed E-state index contributed by atoms with van der Waals surface area (Å²) in [4.78, 5) is 0.266. The lowest BCUT2D eigenvalue weighted by Gasteiger charge is -2.22. The summed E-state index contributed by atoms with van der Waals surface area (Å²) in [6, 6.07) is 0. The van der Waals surface area contributed by atoms with Crippen LogP contribution < -0.4 is 0 Å². The smallest absolute Gasteiger partial charge is 0.169 e. The first-order valence-corrected chi connectivity index (χ1v) is 4.24. The van der Waals surface area contributed by atoms with Gasteiger partial charge in [0.2, 0.25) is 0 Å². The summed E-state index contributed by atoms with van der Waals surface area (Å²) in [5.74, 6) is 0.518. The van der Waals surface area contributed by atoms with Crippen LogP contribution in [0.3, 0.4) is 0 Å². The Bertz CT molecular complexity index is 81.7. The average Bonchev–Trinajstić information content (AvgIpc) is 1.90. The fourth-order valence-corrected chi connectivity index (χ4v) is 1.10. The van der Waals surface area contributed by atoms with Crippen molar-refractivity contribution in [3.05, 3.63) is 0 Å². The molecule has 1 unspecified atom stereocenters. The van der Waals surface area contributed by atoms with Crippen LogP contribution in [0.15, 0.2) is 0 Å². The van der Waals surface area contributed by atoms with Gasteiger partial charge in [-0.25, -0.2) is 0 Å². The molecule has 0 aromatic carbocycles. The second-order valence-corrected chi connectivity index (χ2v) is 3.59. The molecule has 0 heterocycles. The normalized spacial score (nSPS) is 14.7. The average molecular weight is 211 g/mol. The first-order valence-electron chi connectivity index (χ1n) is 3.33. The number of methoxy groups -OCH3 is 2. The van der Waals surface area contributed by atoms with Crippen molar-refractivity contribution in [1.82, 2.24) is 0 Å². The van der Waals surface area contributed by atoms with Gasteiger partial charge in [0.1, 0.15) is 0 Å². The zero-order valence-corrected chi connectivity index (χ0v) is 8.51. The summed E-state index contributed by atoms with van der Waals surface area (Å²) in [6.45, 7) is 4.23. The molecule has 0 aliphatic heterocycles. The molecule has 0 spiro atoms. The van der Waals surface area contributed by atoms with Crippen LogP contribution in [-0.2, 0) is 9.47 Å². The van der Waals surface area contributed by atoms with Gasteiger partial charge in [-0.05, 0) is 5.92 Å². The molecule has 10 heavy (non-hydrogen) atoms. The molecule has 0 rings (SSSR count). The number of hydrogen-bond acceptors (Lipinski definition) is 2. The van der Waals surface area contributed by atoms with Crippen molar-refractivity contribution in [3.8, 4) is 0 Å². The molecule has 0 aromatic heterocycles. The second-order valence-electron chi connectivity index (χ2n) is 2.53. The van der Waals surface area contributed by atoms with Crippen LogP contribution in [0.1, 0.15) is 13.8 Å². The topological polar surface area (TPSA) is 18.5 Å². The fourth-order valence-electron chi connectivity index (χ4n) is 0.670. The minimum Gasteiger partial charge on any atom is -0.355 e. The molecule has 62 valence electrons. The van der Waals surface area contributed by atoms with E-state index in [0.717, 1.165) is 0 Å². The Morgan fingerprint density at radius 2 is 1.50 bits per heavy atom. The van der Waals surface area contributed by atoms with Gasteiger partial charge in [0.15, 0.2) is 6.29 Å². The number of rotatable bonds is 4. The zero-order valence-electron chi connectivity index (χ0n) is 6.93. The first kappa shape index (κ1) is 10.4. The van der Waals surface area contributed by atoms with Gasteiger partial charge >= 0.3 is 0 Å². The Morgan fingerprint density at radius 3 is 1.60 bits per heavy atom. The Morgan fingerprint density at radius 1 is 1.10 bits per heavy atom. The maximum Gasteiger partial charge on any atom is 0.169 e. The molecule has 0 radical (unpaired) electrons. The van der Waals surface area contributed by atoms with Gasteiger partial charge in [-0.3, -0.25) is 0 Å². The number of halogens is 1. The maximum absolute atomic E-state index is 5.05. The van der Waals surface area contributed by atoms with E-state index in [0.29, 0.717) is 5.92 Å². The van der Waals surface area contributed by atoms with Crippen molar-refractivity contribution in [2.45, 2.75) is 25.0 Å². The summed E-state index contributed by atoms with van der Waals surface area (Å²) in [5.41, 5.74) is 0. The molecule has 0 saturated heterocycles. The Balaban J connectivity index is 3.76. The van der Waals surface area contributed by atoms with Crippen LogP contribution in [0.4, 0.5) is 0 Å². The van der Waals surface area contributed by atoms with E-state index in [9.17, 15) is 0 Å². The molecular weight excluding hydrogens is 196 g/mol. The Labute approximate surface area is 71.0 Å². The van der Waals surface area contributed by atoms with Gasteiger partial charge < -0.3 is 9.47 Å². The minimum absolute atomic E-state index is 0.139.